The summed E-state index contributed by atoms with van der Waals surface area (Å²) in [5, 5.41) is 13.6. The van der Waals surface area contributed by atoms with Gasteiger partial charge in [-0.15, -0.1) is 0 Å². The second-order valence-electron chi connectivity index (χ2n) is 5.63. The largest absolute Gasteiger partial charge is 0.383 e. The van der Waals surface area contributed by atoms with Crippen LogP contribution in [0.25, 0.3) is 0 Å². The summed E-state index contributed by atoms with van der Waals surface area (Å²) in [5.74, 6) is -0.390. The molecule has 0 unspecified atom stereocenters. The number of amides is 1. The number of carbonyl (C=O) groups excluding carboxylic acids is 1. The Labute approximate surface area is 123 Å². The fourth-order valence-corrected chi connectivity index (χ4v) is 2.89. The minimum atomic E-state index is -0.590. The third-order valence-corrected chi connectivity index (χ3v) is 4.40. The van der Waals surface area contributed by atoms with E-state index >= 15 is 0 Å². The van der Waals surface area contributed by atoms with E-state index < -0.39 is 10.8 Å². The number of nitro groups is 1. The van der Waals surface area contributed by atoms with E-state index in [1.165, 1.54) is 18.9 Å². The number of carbonyl (C=O) groups is 1. The van der Waals surface area contributed by atoms with Crippen LogP contribution in [0.15, 0.2) is 12.3 Å². The van der Waals surface area contributed by atoms with E-state index in [4.69, 9.17) is 5.73 Å². The number of nitrogens with zero attached hydrogens (tertiary/aromatic N) is 2. The first-order valence-electron chi connectivity index (χ1n) is 7.15. The van der Waals surface area contributed by atoms with Gasteiger partial charge in [0.05, 0.1) is 10.5 Å². The lowest BCUT2D eigenvalue weighted by Crippen LogP contribution is -2.36. The molecular formula is C14H20N4O3. The maximum Gasteiger partial charge on any atom is 0.288 e. The number of hydrogen-bond acceptors (Lipinski definition) is 5. The van der Waals surface area contributed by atoms with Crippen LogP contribution in [0.4, 0.5) is 11.5 Å². The van der Waals surface area contributed by atoms with E-state index in [-0.39, 0.29) is 22.5 Å². The standard InChI is InChI=1S/C14H20N4O3/c1-2-14(5-3-4-6-14)9-17-13(19)11-7-10(18(20)21)8-16-12(11)15/h7-8H,2-6,9H2,1H3,(H2,15,16)(H,17,19). The van der Waals surface area contributed by atoms with E-state index in [9.17, 15) is 14.9 Å². The Morgan fingerprint density at radius 1 is 1.52 bits per heavy atom. The first kappa shape index (κ1) is 15.2. The Morgan fingerprint density at radius 3 is 2.76 bits per heavy atom. The van der Waals surface area contributed by atoms with Gasteiger partial charge in [-0.1, -0.05) is 19.8 Å². The molecule has 1 fully saturated rings. The van der Waals surface area contributed by atoms with Gasteiger partial charge in [0.1, 0.15) is 12.0 Å². The zero-order valence-corrected chi connectivity index (χ0v) is 12.1. The molecule has 114 valence electrons. The second-order valence-corrected chi connectivity index (χ2v) is 5.63. The second kappa shape index (κ2) is 6.07. The van der Waals surface area contributed by atoms with Crippen molar-refractivity contribution in [2.75, 3.05) is 12.3 Å². The molecule has 1 amide bonds. The van der Waals surface area contributed by atoms with E-state index in [0.717, 1.165) is 25.5 Å². The molecule has 0 spiro atoms. The van der Waals surface area contributed by atoms with Crippen molar-refractivity contribution in [3.63, 3.8) is 0 Å². The number of pyridine rings is 1. The van der Waals surface area contributed by atoms with Gasteiger partial charge in [0.15, 0.2) is 0 Å². The normalized spacial score (nSPS) is 16.6. The molecule has 0 radical (unpaired) electrons. The number of nitrogens with one attached hydrogen (secondary N) is 1. The highest BCUT2D eigenvalue weighted by Gasteiger charge is 2.32. The van der Waals surface area contributed by atoms with Gasteiger partial charge in [-0.25, -0.2) is 4.98 Å². The summed E-state index contributed by atoms with van der Waals surface area (Å²) in [6.07, 6.45) is 6.64. The third-order valence-electron chi connectivity index (χ3n) is 4.40. The van der Waals surface area contributed by atoms with Crippen molar-refractivity contribution in [1.82, 2.24) is 10.3 Å². The molecule has 1 heterocycles. The summed E-state index contributed by atoms with van der Waals surface area (Å²) in [5.41, 5.74) is 5.62. The predicted octanol–water partition coefficient (Wildman–Crippen LogP) is 2.27. The monoisotopic (exact) mass is 292 g/mol. The lowest BCUT2D eigenvalue weighted by Gasteiger charge is -2.27. The Morgan fingerprint density at radius 2 is 2.19 bits per heavy atom. The summed E-state index contributed by atoms with van der Waals surface area (Å²) < 4.78 is 0. The number of rotatable bonds is 5. The van der Waals surface area contributed by atoms with E-state index in [0.29, 0.717) is 6.54 Å². The lowest BCUT2D eigenvalue weighted by atomic mass is 9.83. The van der Waals surface area contributed by atoms with Gasteiger partial charge in [0, 0.05) is 12.6 Å². The van der Waals surface area contributed by atoms with Crippen LogP contribution >= 0.6 is 0 Å². The number of nitrogens with two attached hydrogens (primary N) is 1. The third kappa shape index (κ3) is 3.29. The van der Waals surface area contributed by atoms with Crippen molar-refractivity contribution in [2.45, 2.75) is 39.0 Å². The molecule has 7 heteroatoms. The van der Waals surface area contributed by atoms with Crippen LogP contribution < -0.4 is 11.1 Å². The molecule has 1 saturated carbocycles. The Kier molecular flexibility index (Phi) is 4.40. The highest BCUT2D eigenvalue weighted by atomic mass is 16.6. The fourth-order valence-electron chi connectivity index (χ4n) is 2.89. The number of anilines is 1. The lowest BCUT2D eigenvalue weighted by molar-refractivity contribution is -0.385. The van der Waals surface area contributed by atoms with Crippen molar-refractivity contribution in [2.24, 2.45) is 5.41 Å². The van der Waals surface area contributed by atoms with Gasteiger partial charge in [0.25, 0.3) is 11.6 Å². The summed E-state index contributed by atoms with van der Waals surface area (Å²) >= 11 is 0. The summed E-state index contributed by atoms with van der Waals surface area (Å²) in [4.78, 5) is 26.1. The molecule has 0 bridgehead atoms. The maximum atomic E-state index is 12.2. The smallest absolute Gasteiger partial charge is 0.288 e. The summed E-state index contributed by atoms with van der Waals surface area (Å²) in [7, 11) is 0. The van der Waals surface area contributed by atoms with Crippen LogP contribution in [0.1, 0.15) is 49.4 Å². The molecular weight excluding hydrogens is 272 g/mol. The number of hydrogen-bond donors (Lipinski definition) is 2. The average molecular weight is 292 g/mol. The predicted molar refractivity (Wildman–Crippen MR) is 78.8 cm³/mol. The van der Waals surface area contributed by atoms with Crippen LogP contribution in [0, 0.1) is 15.5 Å². The Hall–Kier alpha value is -2.18. The molecule has 0 saturated heterocycles. The van der Waals surface area contributed by atoms with Crippen molar-refractivity contribution >= 4 is 17.4 Å². The van der Waals surface area contributed by atoms with Crippen LogP contribution in [-0.2, 0) is 0 Å². The van der Waals surface area contributed by atoms with Gasteiger partial charge < -0.3 is 11.1 Å². The van der Waals surface area contributed by atoms with Crippen LogP contribution in [0.2, 0.25) is 0 Å². The molecule has 1 aliphatic rings. The Balaban J connectivity index is 2.09. The van der Waals surface area contributed by atoms with Crippen molar-refractivity contribution in [1.29, 1.82) is 0 Å². The minimum Gasteiger partial charge on any atom is -0.383 e. The fraction of sp³-hybridized carbons (Fsp3) is 0.571. The first-order chi connectivity index (χ1) is 9.97. The molecule has 0 aromatic carbocycles. The number of aromatic nitrogens is 1. The van der Waals surface area contributed by atoms with Gasteiger partial charge >= 0.3 is 0 Å². The molecule has 0 aliphatic heterocycles. The van der Waals surface area contributed by atoms with Gasteiger partial charge in [-0.2, -0.15) is 0 Å². The summed E-state index contributed by atoms with van der Waals surface area (Å²) in [6.45, 7) is 2.70. The van der Waals surface area contributed by atoms with E-state index in [1.807, 2.05) is 0 Å². The minimum absolute atomic E-state index is 0.00932. The zero-order chi connectivity index (χ0) is 15.5. The topological polar surface area (TPSA) is 111 Å². The van der Waals surface area contributed by atoms with Gasteiger partial charge in [-0.3, -0.25) is 14.9 Å². The molecule has 1 aromatic heterocycles. The molecule has 3 N–H and O–H groups in total. The van der Waals surface area contributed by atoms with Gasteiger partial charge in [0.2, 0.25) is 0 Å². The summed E-state index contributed by atoms with van der Waals surface area (Å²) in [6, 6.07) is 1.17. The molecule has 1 aliphatic carbocycles. The van der Waals surface area contributed by atoms with Gasteiger partial charge in [-0.05, 0) is 24.7 Å². The molecule has 21 heavy (non-hydrogen) atoms. The van der Waals surface area contributed by atoms with Crippen LogP contribution in [0.3, 0.4) is 0 Å². The highest BCUT2D eigenvalue weighted by Crippen LogP contribution is 2.40. The molecule has 1 aromatic rings. The first-order valence-corrected chi connectivity index (χ1v) is 7.15. The van der Waals surface area contributed by atoms with Crippen molar-refractivity contribution < 1.29 is 9.72 Å². The van der Waals surface area contributed by atoms with E-state index in [1.54, 1.807) is 0 Å². The quantitative estimate of drug-likeness (QED) is 0.638. The average Bonchev–Trinajstić information content (AvgIpc) is 2.94. The number of nitrogen functional groups attached to an aromatic ring is 1. The molecule has 0 atom stereocenters. The highest BCUT2D eigenvalue weighted by molar-refractivity contribution is 5.98. The van der Waals surface area contributed by atoms with Crippen LogP contribution in [0.5, 0.6) is 0 Å². The molecule has 2 rings (SSSR count). The van der Waals surface area contributed by atoms with Crippen molar-refractivity contribution in [3.05, 3.63) is 27.9 Å². The van der Waals surface area contributed by atoms with E-state index in [2.05, 4.69) is 17.2 Å². The van der Waals surface area contributed by atoms with Crippen molar-refractivity contribution in [3.8, 4) is 0 Å². The molecule has 7 nitrogen and oxygen atoms in total. The maximum absolute atomic E-state index is 12.2. The SMILES string of the molecule is CCC1(CNC(=O)c2cc([N+](=O)[O-])cnc2N)CCCC1. The van der Waals surface area contributed by atoms with Crippen LogP contribution in [-0.4, -0.2) is 22.4 Å². The Bertz CT molecular complexity index is 553. The zero-order valence-electron chi connectivity index (χ0n) is 12.1.